The molecule has 0 atom stereocenters. The second-order valence-electron chi connectivity index (χ2n) is 2.69. The zero-order valence-corrected chi connectivity index (χ0v) is 6.90. The molecule has 0 aromatic carbocycles. The van der Waals surface area contributed by atoms with Gasteiger partial charge < -0.3 is 9.97 Å². The molecule has 0 saturated heterocycles. The van der Waals surface area contributed by atoms with Crippen molar-refractivity contribution in [2.24, 2.45) is 0 Å². The maximum Gasteiger partial charge on any atom is 0.315 e. The smallest absolute Gasteiger partial charge is 0.315 e. The van der Waals surface area contributed by atoms with E-state index in [4.69, 9.17) is 0 Å². The minimum Gasteiger partial charge on any atom is -0.315 e. The van der Waals surface area contributed by atoms with Crippen LogP contribution in [0, 0.1) is 0 Å². The number of nitrogens with zero attached hydrogens (tertiary/aromatic N) is 1. The van der Waals surface area contributed by atoms with Crippen molar-refractivity contribution in [3.63, 3.8) is 0 Å². The van der Waals surface area contributed by atoms with Gasteiger partial charge in [0.25, 0.3) is 0 Å². The summed E-state index contributed by atoms with van der Waals surface area (Å²) in [7, 11) is 0. The molecule has 0 radical (unpaired) electrons. The van der Waals surface area contributed by atoms with Gasteiger partial charge in [-0.25, -0.2) is 4.98 Å². The molecular weight excluding hydrogens is 186 g/mol. The summed E-state index contributed by atoms with van der Waals surface area (Å²) in [6.45, 7) is 0. The van der Waals surface area contributed by atoms with E-state index < -0.39 is 11.1 Å². The Kier molecular flexibility index (Phi) is 1.74. The summed E-state index contributed by atoms with van der Waals surface area (Å²) < 4.78 is 0. The highest BCUT2D eigenvalue weighted by Gasteiger charge is 2.00. The normalized spacial score (nSPS) is 10.3. The zero-order chi connectivity index (χ0) is 10.1. The van der Waals surface area contributed by atoms with Crippen LogP contribution in [0.2, 0.25) is 0 Å². The van der Waals surface area contributed by atoms with Crippen molar-refractivity contribution in [2.75, 3.05) is 0 Å². The number of pyridine rings is 1. The van der Waals surface area contributed by atoms with Gasteiger partial charge in [-0.15, -0.1) is 0 Å². The summed E-state index contributed by atoms with van der Waals surface area (Å²) in [6.07, 6.45) is 1.92. The predicted molar refractivity (Wildman–Crippen MR) is 48.4 cm³/mol. The van der Waals surface area contributed by atoms with Gasteiger partial charge in [0.15, 0.2) is 11.9 Å². The fraction of sp³-hybridized carbons (Fsp3) is 0. The van der Waals surface area contributed by atoms with Crippen molar-refractivity contribution in [1.29, 1.82) is 0 Å². The van der Waals surface area contributed by atoms with E-state index in [1.807, 2.05) is 0 Å². The SMILES string of the molecule is O=Cc1cnc2[nH]c(=O)c(=O)[nH]c2c1. The van der Waals surface area contributed by atoms with E-state index in [9.17, 15) is 14.4 Å². The molecule has 0 bridgehead atoms. The van der Waals surface area contributed by atoms with Gasteiger partial charge in [-0.1, -0.05) is 0 Å². The van der Waals surface area contributed by atoms with Crippen LogP contribution in [0.15, 0.2) is 21.9 Å². The van der Waals surface area contributed by atoms with Gasteiger partial charge in [0, 0.05) is 11.8 Å². The first-order valence-corrected chi connectivity index (χ1v) is 3.78. The van der Waals surface area contributed by atoms with Crippen molar-refractivity contribution < 1.29 is 4.79 Å². The molecule has 0 amide bonds. The molecule has 2 rings (SSSR count). The van der Waals surface area contributed by atoms with Crippen LogP contribution in [0.3, 0.4) is 0 Å². The van der Waals surface area contributed by atoms with E-state index in [1.54, 1.807) is 0 Å². The van der Waals surface area contributed by atoms with Gasteiger partial charge in [0.1, 0.15) is 0 Å². The fourth-order valence-electron chi connectivity index (χ4n) is 1.08. The minimum atomic E-state index is -0.762. The number of nitrogens with one attached hydrogen (secondary N) is 2. The summed E-state index contributed by atoms with van der Waals surface area (Å²) in [5.41, 5.74) is -0.606. The second-order valence-corrected chi connectivity index (χ2v) is 2.69. The van der Waals surface area contributed by atoms with E-state index in [1.165, 1.54) is 12.3 Å². The van der Waals surface area contributed by atoms with Crippen LogP contribution < -0.4 is 11.1 Å². The van der Waals surface area contributed by atoms with Crippen LogP contribution in [-0.4, -0.2) is 21.2 Å². The Morgan fingerprint density at radius 2 is 1.93 bits per heavy atom. The van der Waals surface area contributed by atoms with Crippen molar-refractivity contribution in [3.05, 3.63) is 38.5 Å². The largest absolute Gasteiger partial charge is 0.315 e. The third kappa shape index (κ3) is 1.22. The maximum atomic E-state index is 10.9. The molecule has 2 heterocycles. The monoisotopic (exact) mass is 191 g/mol. The van der Waals surface area contributed by atoms with E-state index in [0.717, 1.165) is 0 Å². The second kappa shape index (κ2) is 2.91. The van der Waals surface area contributed by atoms with E-state index in [0.29, 0.717) is 17.4 Å². The molecule has 2 aromatic rings. The number of hydrogen-bond donors (Lipinski definition) is 2. The molecule has 6 nitrogen and oxygen atoms in total. The van der Waals surface area contributed by atoms with Crippen molar-refractivity contribution in [2.45, 2.75) is 0 Å². The molecule has 0 unspecified atom stereocenters. The summed E-state index contributed by atoms with van der Waals surface area (Å²) in [6, 6.07) is 1.44. The average molecular weight is 191 g/mol. The van der Waals surface area contributed by atoms with Crippen LogP contribution in [0.4, 0.5) is 0 Å². The molecule has 0 spiro atoms. The van der Waals surface area contributed by atoms with Gasteiger partial charge in [0.2, 0.25) is 0 Å². The molecule has 70 valence electrons. The highest BCUT2D eigenvalue weighted by molar-refractivity contribution is 5.81. The van der Waals surface area contributed by atoms with Crippen LogP contribution in [-0.2, 0) is 0 Å². The fourth-order valence-corrected chi connectivity index (χ4v) is 1.08. The molecular formula is C8H5N3O3. The molecule has 0 aliphatic heterocycles. The molecule has 14 heavy (non-hydrogen) atoms. The lowest BCUT2D eigenvalue weighted by Crippen LogP contribution is -2.29. The first-order valence-electron chi connectivity index (χ1n) is 3.78. The van der Waals surface area contributed by atoms with Gasteiger partial charge in [-0.05, 0) is 6.07 Å². The first kappa shape index (κ1) is 8.36. The van der Waals surface area contributed by atoms with Gasteiger partial charge in [-0.2, -0.15) is 0 Å². The van der Waals surface area contributed by atoms with Gasteiger partial charge >= 0.3 is 11.1 Å². The van der Waals surface area contributed by atoms with E-state index >= 15 is 0 Å². The Balaban J connectivity index is 2.90. The standard InChI is InChI=1S/C8H5N3O3/c12-3-4-1-5-6(9-2-4)11-8(14)7(13)10-5/h1-3H,(H,10,13)(H,9,11,14). The summed E-state index contributed by atoms with van der Waals surface area (Å²) in [4.78, 5) is 40.6. The molecule has 0 fully saturated rings. The van der Waals surface area contributed by atoms with Crippen LogP contribution >= 0.6 is 0 Å². The van der Waals surface area contributed by atoms with E-state index in [-0.39, 0.29) is 5.65 Å². The molecule has 6 heteroatoms. The molecule has 2 N–H and O–H groups in total. The lowest BCUT2D eigenvalue weighted by Gasteiger charge is -1.95. The average Bonchev–Trinajstić information content (AvgIpc) is 2.19. The van der Waals surface area contributed by atoms with Crippen LogP contribution in [0.5, 0.6) is 0 Å². The number of hydrogen-bond acceptors (Lipinski definition) is 4. The number of carbonyl (C=O) groups is 1. The van der Waals surface area contributed by atoms with E-state index in [2.05, 4.69) is 15.0 Å². The Hall–Kier alpha value is -2.24. The summed E-state index contributed by atoms with van der Waals surface area (Å²) in [5, 5.41) is 0. The number of aldehydes is 1. The minimum absolute atomic E-state index is 0.250. The number of rotatable bonds is 1. The van der Waals surface area contributed by atoms with Crippen molar-refractivity contribution in [1.82, 2.24) is 15.0 Å². The Morgan fingerprint density at radius 1 is 1.21 bits per heavy atom. The quantitative estimate of drug-likeness (QED) is 0.465. The Bertz CT molecular complexity index is 611. The topological polar surface area (TPSA) is 95.7 Å². The maximum absolute atomic E-state index is 10.9. The highest BCUT2D eigenvalue weighted by atomic mass is 16.2. The number of aromatic amines is 2. The predicted octanol–water partition coefficient (Wildman–Crippen LogP) is -0.576. The Morgan fingerprint density at radius 3 is 2.64 bits per heavy atom. The van der Waals surface area contributed by atoms with Crippen LogP contribution in [0.1, 0.15) is 10.4 Å². The van der Waals surface area contributed by atoms with Gasteiger partial charge in [-0.3, -0.25) is 14.4 Å². The lowest BCUT2D eigenvalue weighted by atomic mass is 10.3. The number of fused-ring (bicyclic) bond motifs is 1. The zero-order valence-electron chi connectivity index (χ0n) is 6.90. The molecule has 0 aliphatic carbocycles. The lowest BCUT2D eigenvalue weighted by molar-refractivity contribution is 0.112. The third-order valence-electron chi connectivity index (χ3n) is 1.73. The van der Waals surface area contributed by atoms with Crippen molar-refractivity contribution >= 4 is 17.5 Å². The van der Waals surface area contributed by atoms with Crippen molar-refractivity contribution in [3.8, 4) is 0 Å². The summed E-state index contributed by atoms with van der Waals surface area (Å²) >= 11 is 0. The summed E-state index contributed by atoms with van der Waals surface area (Å²) in [5.74, 6) is 0. The van der Waals surface area contributed by atoms with Gasteiger partial charge in [0.05, 0.1) is 5.52 Å². The molecule has 0 aliphatic rings. The Labute approximate surface area is 76.6 Å². The highest BCUT2D eigenvalue weighted by Crippen LogP contribution is 2.02. The molecule has 0 saturated carbocycles. The first-order chi connectivity index (χ1) is 6.70. The molecule has 2 aromatic heterocycles. The van der Waals surface area contributed by atoms with Crippen LogP contribution in [0.25, 0.3) is 11.2 Å². The number of aromatic nitrogens is 3. The number of H-pyrrole nitrogens is 2. The number of carbonyl (C=O) groups excluding carboxylic acids is 1. The third-order valence-corrected chi connectivity index (χ3v) is 1.73.